The second-order valence-electron chi connectivity index (χ2n) is 10.8. The van der Waals surface area contributed by atoms with Gasteiger partial charge in [0.2, 0.25) is 0 Å². The van der Waals surface area contributed by atoms with Crippen molar-refractivity contribution in [2.45, 2.75) is 109 Å². The summed E-state index contributed by atoms with van der Waals surface area (Å²) in [6.45, 7) is 6.88. The summed E-state index contributed by atoms with van der Waals surface area (Å²) in [4.78, 5) is 22.7. The van der Waals surface area contributed by atoms with E-state index in [9.17, 15) is 10.1 Å². The summed E-state index contributed by atoms with van der Waals surface area (Å²) in [5, 5.41) is 13.5. The van der Waals surface area contributed by atoms with E-state index in [0.29, 0.717) is 38.3 Å². The topological polar surface area (TPSA) is 81.5 Å². The Labute approximate surface area is 203 Å². The Morgan fingerprint density at radius 3 is 2.38 bits per heavy atom. The Hall–Kier alpha value is -2.33. The molecule has 0 spiro atoms. The van der Waals surface area contributed by atoms with E-state index in [0.717, 1.165) is 36.2 Å². The normalized spacial score (nSPS) is 26.3. The molecule has 5 rings (SSSR count). The van der Waals surface area contributed by atoms with E-state index in [4.69, 9.17) is 9.72 Å². The Kier molecular flexibility index (Phi) is 6.96. The molecule has 1 aromatic heterocycles. The van der Waals surface area contributed by atoms with Gasteiger partial charge >= 0.3 is 6.03 Å². The smallest absolute Gasteiger partial charge is 0.318 e. The second kappa shape index (κ2) is 10.1. The number of ether oxygens (including phenoxy) is 1. The average Bonchev–Trinajstić information content (AvgIpc) is 3.38. The summed E-state index contributed by atoms with van der Waals surface area (Å²) >= 11 is 0. The number of carbonyl (C=O) groups is 1. The molecule has 1 N–H and O–H groups in total. The predicted octanol–water partition coefficient (Wildman–Crippen LogP) is 4.62. The standard InChI is InChI=1S/C27H39N5O2/c1-18-15-31(16-19(2)32(18)27(33)29-21-10-4-3-5-11-21)26-23(14-28)22-12-13-34-17-24(22)25(30-26)20-8-6-7-9-20/h18-21H,3-13,15-17H2,1-2H3,(H,29,33)/t18-,19+. The minimum absolute atomic E-state index is 0.0509. The first kappa shape index (κ1) is 23.4. The molecule has 184 valence electrons. The molecule has 1 saturated heterocycles. The van der Waals surface area contributed by atoms with Crippen LogP contribution in [0.3, 0.4) is 0 Å². The number of rotatable bonds is 3. The predicted molar refractivity (Wildman–Crippen MR) is 132 cm³/mol. The molecule has 7 nitrogen and oxygen atoms in total. The number of fused-ring (bicyclic) bond motifs is 1. The fraction of sp³-hybridized carbons (Fsp3) is 0.741. The molecule has 2 saturated carbocycles. The SMILES string of the molecule is C[C@@H]1CN(c2nc(C3CCCC3)c3c(c2C#N)CCOC3)C[C@H](C)N1C(=O)NC1CCCCC1. The molecule has 0 radical (unpaired) electrons. The molecule has 2 aliphatic heterocycles. The highest BCUT2D eigenvalue weighted by atomic mass is 16.5. The zero-order valence-corrected chi connectivity index (χ0v) is 20.8. The van der Waals surface area contributed by atoms with Gasteiger partial charge in [-0.05, 0) is 51.5 Å². The monoisotopic (exact) mass is 465 g/mol. The highest BCUT2D eigenvalue weighted by Crippen LogP contribution is 2.40. The first-order chi connectivity index (χ1) is 16.6. The number of carbonyl (C=O) groups excluding carboxylic acids is 1. The van der Waals surface area contributed by atoms with Crippen LogP contribution < -0.4 is 10.2 Å². The molecular formula is C27H39N5O2. The van der Waals surface area contributed by atoms with E-state index in [1.807, 2.05) is 4.90 Å². The maximum absolute atomic E-state index is 13.2. The Balaban J connectivity index is 1.40. The lowest BCUT2D eigenvalue weighted by Crippen LogP contribution is -2.62. The molecule has 1 aromatic rings. The van der Waals surface area contributed by atoms with Crippen molar-refractivity contribution in [2.75, 3.05) is 24.6 Å². The van der Waals surface area contributed by atoms with Crippen molar-refractivity contribution in [3.05, 3.63) is 22.4 Å². The van der Waals surface area contributed by atoms with E-state index in [-0.39, 0.29) is 18.1 Å². The van der Waals surface area contributed by atoms with Gasteiger partial charge in [-0.1, -0.05) is 32.1 Å². The number of nitriles is 1. The van der Waals surface area contributed by atoms with Crippen LogP contribution in [0, 0.1) is 11.3 Å². The maximum atomic E-state index is 13.2. The van der Waals surface area contributed by atoms with Gasteiger partial charge in [-0.25, -0.2) is 9.78 Å². The molecule has 2 atom stereocenters. The molecule has 3 fully saturated rings. The lowest BCUT2D eigenvalue weighted by atomic mass is 9.90. The molecule has 2 amide bonds. The fourth-order valence-corrected chi connectivity index (χ4v) is 6.74. The van der Waals surface area contributed by atoms with Crippen LogP contribution in [0.4, 0.5) is 10.6 Å². The zero-order chi connectivity index (χ0) is 23.7. The number of aromatic nitrogens is 1. The summed E-state index contributed by atoms with van der Waals surface area (Å²) < 4.78 is 5.80. The van der Waals surface area contributed by atoms with Crippen LogP contribution in [-0.4, -0.2) is 53.7 Å². The highest BCUT2D eigenvalue weighted by Gasteiger charge is 2.37. The quantitative estimate of drug-likeness (QED) is 0.704. The van der Waals surface area contributed by atoms with E-state index >= 15 is 0 Å². The minimum Gasteiger partial charge on any atom is -0.376 e. The Morgan fingerprint density at radius 1 is 1.03 bits per heavy atom. The molecule has 34 heavy (non-hydrogen) atoms. The van der Waals surface area contributed by atoms with Gasteiger partial charge in [0.1, 0.15) is 11.9 Å². The van der Waals surface area contributed by atoms with Crippen LogP contribution in [-0.2, 0) is 17.8 Å². The maximum Gasteiger partial charge on any atom is 0.318 e. The van der Waals surface area contributed by atoms with Crippen LogP contribution in [0.25, 0.3) is 0 Å². The number of hydrogen-bond donors (Lipinski definition) is 1. The van der Waals surface area contributed by atoms with Crippen LogP contribution in [0.15, 0.2) is 0 Å². The Bertz CT molecular complexity index is 933. The van der Waals surface area contributed by atoms with Crippen LogP contribution in [0.5, 0.6) is 0 Å². The van der Waals surface area contributed by atoms with E-state index in [1.54, 1.807) is 0 Å². The number of pyridine rings is 1. The summed E-state index contributed by atoms with van der Waals surface area (Å²) in [5.74, 6) is 1.30. The molecule has 0 unspecified atom stereocenters. The van der Waals surface area contributed by atoms with Gasteiger partial charge in [0.15, 0.2) is 0 Å². The Morgan fingerprint density at radius 2 is 1.71 bits per heavy atom. The molecule has 3 heterocycles. The second-order valence-corrected chi connectivity index (χ2v) is 10.8. The molecular weight excluding hydrogens is 426 g/mol. The van der Waals surface area contributed by atoms with E-state index in [2.05, 4.69) is 30.1 Å². The molecule has 0 bridgehead atoms. The van der Waals surface area contributed by atoms with Gasteiger partial charge < -0.3 is 19.9 Å². The van der Waals surface area contributed by atoms with Gasteiger partial charge in [-0.2, -0.15) is 5.26 Å². The summed E-state index contributed by atoms with van der Waals surface area (Å²) in [6, 6.07) is 2.98. The summed E-state index contributed by atoms with van der Waals surface area (Å²) in [7, 11) is 0. The van der Waals surface area contributed by atoms with Gasteiger partial charge in [0, 0.05) is 42.7 Å². The first-order valence-electron chi connectivity index (χ1n) is 13.4. The molecule has 2 aliphatic carbocycles. The third-order valence-electron chi connectivity index (χ3n) is 8.41. The number of nitrogens with one attached hydrogen (secondary N) is 1. The number of piperazine rings is 1. The van der Waals surface area contributed by atoms with E-state index < -0.39 is 0 Å². The largest absolute Gasteiger partial charge is 0.376 e. The fourth-order valence-electron chi connectivity index (χ4n) is 6.74. The van der Waals surface area contributed by atoms with Crippen molar-refractivity contribution in [3.63, 3.8) is 0 Å². The van der Waals surface area contributed by atoms with Crippen LogP contribution in [0.2, 0.25) is 0 Å². The van der Waals surface area contributed by atoms with Crippen molar-refractivity contribution in [2.24, 2.45) is 0 Å². The van der Waals surface area contributed by atoms with Gasteiger partial charge in [0.05, 0.1) is 24.5 Å². The van der Waals surface area contributed by atoms with Crippen molar-refractivity contribution < 1.29 is 9.53 Å². The van der Waals surface area contributed by atoms with Crippen molar-refractivity contribution >= 4 is 11.8 Å². The van der Waals surface area contributed by atoms with Crippen molar-refractivity contribution in [1.29, 1.82) is 5.26 Å². The third kappa shape index (κ3) is 4.49. The molecule has 4 aliphatic rings. The number of amides is 2. The van der Waals surface area contributed by atoms with Gasteiger partial charge in [-0.15, -0.1) is 0 Å². The van der Waals surface area contributed by atoms with Crippen LogP contribution in [0.1, 0.15) is 99.9 Å². The van der Waals surface area contributed by atoms with Gasteiger partial charge in [-0.3, -0.25) is 0 Å². The average molecular weight is 466 g/mol. The van der Waals surface area contributed by atoms with Crippen LogP contribution >= 0.6 is 0 Å². The van der Waals surface area contributed by atoms with Gasteiger partial charge in [0.25, 0.3) is 0 Å². The van der Waals surface area contributed by atoms with E-state index in [1.165, 1.54) is 56.2 Å². The first-order valence-corrected chi connectivity index (χ1v) is 13.4. The lowest BCUT2D eigenvalue weighted by Gasteiger charge is -2.45. The lowest BCUT2D eigenvalue weighted by molar-refractivity contribution is 0.109. The van der Waals surface area contributed by atoms with Crippen molar-refractivity contribution in [3.8, 4) is 6.07 Å². The highest BCUT2D eigenvalue weighted by molar-refractivity contribution is 5.76. The number of anilines is 1. The number of nitrogens with zero attached hydrogens (tertiary/aromatic N) is 4. The molecule has 7 heteroatoms. The number of hydrogen-bond acceptors (Lipinski definition) is 5. The van der Waals surface area contributed by atoms with Crippen molar-refractivity contribution in [1.82, 2.24) is 15.2 Å². The zero-order valence-electron chi connectivity index (χ0n) is 20.8. The number of urea groups is 1. The summed E-state index contributed by atoms with van der Waals surface area (Å²) in [6.07, 6.45) is 11.5. The summed E-state index contributed by atoms with van der Waals surface area (Å²) in [5.41, 5.74) is 4.21. The third-order valence-corrected chi connectivity index (χ3v) is 8.41. The molecule has 0 aromatic carbocycles. The minimum atomic E-state index is 0.0509.